The predicted molar refractivity (Wildman–Crippen MR) is 148 cm³/mol. The van der Waals surface area contributed by atoms with Gasteiger partial charge in [0, 0.05) is 6.04 Å². The monoisotopic (exact) mass is 467 g/mol. The normalized spacial score (nSPS) is 18.1. The van der Waals surface area contributed by atoms with E-state index in [1.54, 1.807) is 0 Å². The van der Waals surface area contributed by atoms with Crippen LogP contribution in [0.2, 0.25) is 0 Å². The van der Waals surface area contributed by atoms with Crippen LogP contribution in [0.5, 0.6) is 0 Å². The number of hydrogen-bond donors (Lipinski definition) is 1. The van der Waals surface area contributed by atoms with Gasteiger partial charge in [-0.15, -0.1) is 0 Å². The Balaban J connectivity index is 1.31. The van der Waals surface area contributed by atoms with E-state index < -0.39 is 0 Å². The van der Waals surface area contributed by atoms with Crippen LogP contribution in [0.4, 0.5) is 0 Å². The Bertz CT molecular complexity index is 933. The summed E-state index contributed by atoms with van der Waals surface area (Å²) in [7, 11) is -0.670. The lowest BCUT2D eigenvalue weighted by Gasteiger charge is -2.24. The van der Waals surface area contributed by atoms with Gasteiger partial charge in [-0.25, -0.2) is 0 Å². The molecule has 1 heterocycles. The first kappa shape index (κ1) is 22.5. The Labute approximate surface area is 200 Å². The molecule has 0 aliphatic carbocycles. The van der Waals surface area contributed by atoms with Crippen LogP contribution in [0.3, 0.4) is 0 Å². The highest BCUT2D eigenvalue weighted by Gasteiger charge is 2.30. The van der Waals surface area contributed by atoms with Crippen LogP contribution in [0, 0.1) is 5.92 Å². The van der Waals surface area contributed by atoms with E-state index in [9.17, 15) is 0 Å². The molecule has 0 bridgehead atoms. The van der Waals surface area contributed by atoms with Gasteiger partial charge in [0.05, 0.1) is 0 Å². The molecular weight excluding hydrogens is 436 g/mol. The molecule has 3 heteroatoms. The molecule has 0 radical (unpaired) electrons. The van der Waals surface area contributed by atoms with Gasteiger partial charge in [0.1, 0.15) is 0 Å². The van der Waals surface area contributed by atoms with Gasteiger partial charge in [-0.2, -0.15) is 0 Å². The molecule has 1 fully saturated rings. The Hall–Kier alpha value is -2.30. The molecule has 1 nitrogen and oxygen atoms in total. The minimum absolute atomic E-state index is 0.324. The minimum atomic E-state index is -0.346. The first-order chi connectivity index (χ1) is 16.4. The summed E-state index contributed by atoms with van der Waals surface area (Å²) in [5.74, 6) is 0.727. The second-order valence-electron chi connectivity index (χ2n) is 8.77. The maximum absolute atomic E-state index is 3.91. The summed E-state index contributed by atoms with van der Waals surface area (Å²) in [6.07, 6.45) is 3.76. The second kappa shape index (κ2) is 11.2. The molecule has 4 aromatic rings. The summed E-state index contributed by atoms with van der Waals surface area (Å²) in [4.78, 5) is 0. The van der Waals surface area contributed by atoms with E-state index in [0.717, 1.165) is 12.5 Å². The zero-order valence-electron chi connectivity index (χ0n) is 18.9. The predicted octanol–water partition coefficient (Wildman–Crippen LogP) is 5.23. The van der Waals surface area contributed by atoms with Gasteiger partial charge in [0.25, 0.3) is 0 Å². The topological polar surface area (TPSA) is 12.0 Å². The Morgan fingerprint density at radius 1 is 0.515 bits per heavy atom. The van der Waals surface area contributed by atoms with Gasteiger partial charge in [0.15, 0.2) is 0 Å². The van der Waals surface area contributed by atoms with Gasteiger partial charge >= 0.3 is 0 Å². The van der Waals surface area contributed by atoms with Crippen molar-refractivity contribution in [2.45, 2.75) is 12.5 Å². The molecule has 1 unspecified atom stereocenters. The number of rotatable bonds is 8. The van der Waals surface area contributed by atoms with E-state index in [2.05, 4.69) is 127 Å². The van der Waals surface area contributed by atoms with Crippen LogP contribution in [-0.4, -0.2) is 24.9 Å². The first-order valence-electron chi connectivity index (χ1n) is 11.9. The van der Waals surface area contributed by atoms with Gasteiger partial charge in [0.2, 0.25) is 0 Å². The maximum Gasteiger partial charge on any atom is 0.0116 e. The van der Waals surface area contributed by atoms with Crippen LogP contribution in [0.15, 0.2) is 121 Å². The summed E-state index contributed by atoms with van der Waals surface area (Å²) in [6, 6.07) is 45.2. The van der Waals surface area contributed by atoms with Gasteiger partial charge in [-0.1, -0.05) is 121 Å². The quantitative estimate of drug-likeness (QED) is 0.350. The SMILES string of the molecule is c1ccc(P(CC2C[C@@H](CP(c3ccccc3)c3ccccc3)CN2)c2ccccc2)cc1. The van der Waals surface area contributed by atoms with Crippen molar-refractivity contribution in [3.05, 3.63) is 121 Å². The molecule has 1 saturated heterocycles. The zero-order valence-corrected chi connectivity index (χ0v) is 20.7. The van der Waals surface area contributed by atoms with Crippen molar-refractivity contribution < 1.29 is 0 Å². The van der Waals surface area contributed by atoms with Crippen molar-refractivity contribution in [1.82, 2.24) is 5.32 Å². The minimum Gasteiger partial charge on any atom is -0.313 e. The van der Waals surface area contributed by atoms with E-state index in [1.807, 2.05) is 0 Å². The summed E-state index contributed by atoms with van der Waals surface area (Å²) < 4.78 is 0. The molecule has 1 aliphatic heterocycles. The van der Waals surface area contributed by atoms with Crippen molar-refractivity contribution in [2.75, 3.05) is 18.9 Å². The molecule has 0 aromatic heterocycles. The average Bonchev–Trinajstić information content (AvgIpc) is 3.35. The highest BCUT2D eigenvalue weighted by molar-refractivity contribution is 7.73. The fourth-order valence-corrected chi connectivity index (χ4v) is 9.89. The molecular formula is C30H31NP2. The molecule has 5 rings (SSSR count). The van der Waals surface area contributed by atoms with Crippen molar-refractivity contribution in [2.24, 2.45) is 5.92 Å². The molecule has 166 valence electrons. The summed E-state index contributed by atoms with van der Waals surface area (Å²) in [6.45, 7) is 1.13. The van der Waals surface area contributed by atoms with Gasteiger partial charge < -0.3 is 5.32 Å². The summed E-state index contributed by atoms with van der Waals surface area (Å²) in [5.41, 5.74) is 0. The van der Waals surface area contributed by atoms with E-state index in [0.29, 0.717) is 6.04 Å². The Morgan fingerprint density at radius 3 is 1.27 bits per heavy atom. The van der Waals surface area contributed by atoms with Gasteiger partial charge in [-0.3, -0.25) is 0 Å². The smallest absolute Gasteiger partial charge is 0.0116 e. The summed E-state index contributed by atoms with van der Waals surface area (Å²) in [5, 5.41) is 9.88. The molecule has 1 N–H and O–H groups in total. The maximum atomic E-state index is 3.91. The molecule has 4 aromatic carbocycles. The van der Waals surface area contributed by atoms with E-state index in [-0.39, 0.29) is 15.8 Å². The Morgan fingerprint density at radius 2 is 0.879 bits per heavy atom. The summed E-state index contributed by atoms with van der Waals surface area (Å²) >= 11 is 0. The number of nitrogens with one attached hydrogen (secondary N) is 1. The van der Waals surface area contributed by atoms with Crippen molar-refractivity contribution in [3.63, 3.8) is 0 Å². The van der Waals surface area contributed by atoms with E-state index in [1.165, 1.54) is 40.0 Å². The molecule has 33 heavy (non-hydrogen) atoms. The van der Waals surface area contributed by atoms with E-state index in [4.69, 9.17) is 0 Å². The molecule has 2 atom stereocenters. The van der Waals surface area contributed by atoms with Crippen molar-refractivity contribution in [1.29, 1.82) is 0 Å². The largest absolute Gasteiger partial charge is 0.313 e. The van der Waals surface area contributed by atoms with Crippen LogP contribution >= 0.6 is 15.8 Å². The third-order valence-corrected chi connectivity index (χ3v) is 11.8. The molecule has 0 amide bonds. The highest BCUT2D eigenvalue weighted by atomic mass is 31.1. The van der Waals surface area contributed by atoms with Crippen LogP contribution in [0.1, 0.15) is 6.42 Å². The van der Waals surface area contributed by atoms with Crippen LogP contribution in [-0.2, 0) is 0 Å². The lowest BCUT2D eigenvalue weighted by molar-refractivity contribution is 0.632. The van der Waals surface area contributed by atoms with Gasteiger partial charge in [-0.05, 0) is 68.3 Å². The van der Waals surface area contributed by atoms with Crippen molar-refractivity contribution >= 4 is 37.1 Å². The third kappa shape index (κ3) is 5.80. The molecule has 0 saturated carbocycles. The average molecular weight is 468 g/mol. The fraction of sp³-hybridized carbons (Fsp3) is 0.200. The standard InChI is InChI=1S/C30H31NP2/c1-5-13-27(14-6-1)32(28-15-7-2-8-16-28)23-25-21-26(31-22-25)24-33(29-17-9-3-10-18-29)30-19-11-4-12-20-30/h1-20,25-26,31H,21-24H2/t25-,26?/m1/s1. The lowest BCUT2D eigenvalue weighted by Crippen LogP contribution is -2.28. The lowest BCUT2D eigenvalue weighted by atomic mass is 10.1. The molecule has 1 aliphatic rings. The third-order valence-electron chi connectivity index (χ3n) is 6.43. The second-order valence-corrected chi connectivity index (χ2v) is 13.3. The first-order valence-corrected chi connectivity index (χ1v) is 14.9. The number of hydrogen-bond acceptors (Lipinski definition) is 1. The van der Waals surface area contributed by atoms with Crippen LogP contribution < -0.4 is 26.5 Å². The molecule has 0 spiro atoms. The van der Waals surface area contributed by atoms with Crippen molar-refractivity contribution in [3.8, 4) is 0 Å². The Kier molecular flexibility index (Phi) is 7.64. The zero-order chi connectivity index (χ0) is 22.3. The number of benzene rings is 4. The fourth-order valence-electron chi connectivity index (χ4n) is 4.81. The highest BCUT2D eigenvalue weighted by Crippen LogP contribution is 2.40. The van der Waals surface area contributed by atoms with E-state index >= 15 is 0 Å². The van der Waals surface area contributed by atoms with Crippen LogP contribution in [0.25, 0.3) is 0 Å².